The van der Waals surface area contributed by atoms with E-state index < -0.39 is 5.41 Å². The number of para-hydroxylation sites is 2. The Balaban J connectivity index is 1.13. The summed E-state index contributed by atoms with van der Waals surface area (Å²) < 4.78 is 6.90. The van der Waals surface area contributed by atoms with Crippen molar-refractivity contribution < 1.29 is 4.74 Å². The molecule has 0 saturated heterocycles. The molecule has 0 amide bonds. The summed E-state index contributed by atoms with van der Waals surface area (Å²) in [5.41, 5.74) is 13.9. The highest BCUT2D eigenvalue weighted by molar-refractivity contribution is 5.90. The van der Waals surface area contributed by atoms with Crippen LogP contribution in [-0.2, 0) is 5.41 Å². The summed E-state index contributed by atoms with van der Waals surface area (Å²) in [5, 5.41) is 0. The van der Waals surface area contributed by atoms with Gasteiger partial charge in [-0.05, 0) is 39.9 Å². The first kappa shape index (κ1) is 28.4. The van der Waals surface area contributed by atoms with Gasteiger partial charge in [0, 0.05) is 33.4 Å². The highest BCUT2D eigenvalue weighted by atomic mass is 16.5. The molecule has 0 saturated carbocycles. The van der Waals surface area contributed by atoms with Crippen LogP contribution in [0.15, 0.2) is 182 Å². The molecule has 0 atom stereocenters. The molecule has 1 spiro atoms. The first-order valence-corrected chi connectivity index (χ1v) is 17.0. The Morgan fingerprint density at radius 3 is 1.50 bits per heavy atom. The molecule has 0 N–H and O–H groups in total. The Bertz CT molecular complexity index is 2450. The highest BCUT2D eigenvalue weighted by Crippen LogP contribution is 2.63. The molecule has 234 valence electrons. The van der Waals surface area contributed by atoms with Crippen LogP contribution in [0.25, 0.3) is 56.2 Å². The van der Waals surface area contributed by atoms with Crippen LogP contribution in [0.1, 0.15) is 22.3 Å². The van der Waals surface area contributed by atoms with Gasteiger partial charge in [-0.3, -0.25) is 0 Å². The fraction of sp³-hybridized carbons (Fsp3) is 0.0213. The second-order valence-electron chi connectivity index (χ2n) is 12.9. The largest absolute Gasteiger partial charge is 0.456 e. The SMILES string of the molecule is c1ccc(-c2cc(-c3ccc(-c4cccc5c4Oc4ccccc4C54c5ccccc5-c5ccccc54)cc3)nc(-c3ccccc3)n2)cc1. The lowest BCUT2D eigenvalue weighted by Crippen LogP contribution is -2.32. The summed E-state index contributed by atoms with van der Waals surface area (Å²) in [6.45, 7) is 0. The highest BCUT2D eigenvalue weighted by Gasteiger charge is 2.51. The molecule has 10 rings (SSSR count). The van der Waals surface area contributed by atoms with Crippen LogP contribution in [0.2, 0.25) is 0 Å². The Morgan fingerprint density at radius 2 is 0.840 bits per heavy atom. The molecule has 50 heavy (non-hydrogen) atoms. The van der Waals surface area contributed by atoms with Crippen molar-refractivity contribution in [3.63, 3.8) is 0 Å². The van der Waals surface area contributed by atoms with Crippen molar-refractivity contribution in [2.24, 2.45) is 0 Å². The molecular formula is C47H30N2O. The topological polar surface area (TPSA) is 35.0 Å². The van der Waals surface area contributed by atoms with Gasteiger partial charge in [-0.2, -0.15) is 0 Å². The standard InChI is InChI=1S/C47H30N2O/c1-3-14-32(15-4-1)42-30-43(49-46(48-42)34-16-5-2-6-17-34)33-28-26-31(27-29-33)35-20-13-24-41-45(35)50-44-25-12-11-23-40(44)47(41)38-21-9-7-18-36(38)37-19-8-10-22-39(37)47/h1-30H. The number of benzene rings is 7. The average Bonchev–Trinajstić information content (AvgIpc) is 3.49. The second-order valence-corrected chi connectivity index (χ2v) is 12.9. The van der Waals surface area contributed by atoms with Crippen molar-refractivity contribution in [2.45, 2.75) is 5.41 Å². The van der Waals surface area contributed by atoms with Crippen LogP contribution in [-0.4, -0.2) is 9.97 Å². The molecule has 1 aliphatic heterocycles. The molecule has 3 heteroatoms. The van der Waals surface area contributed by atoms with Gasteiger partial charge >= 0.3 is 0 Å². The number of fused-ring (bicyclic) bond motifs is 9. The smallest absolute Gasteiger partial charge is 0.160 e. The molecule has 2 heterocycles. The number of hydrogen-bond donors (Lipinski definition) is 0. The van der Waals surface area contributed by atoms with E-state index in [2.05, 4.69) is 146 Å². The minimum absolute atomic E-state index is 0.490. The van der Waals surface area contributed by atoms with E-state index in [0.717, 1.165) is 56.3 Å². The third-order valence-electron chi connectivity index (χ3n) is 10.2. The first-order valence-electron chi connectivity index (χ1n) is 17.0. The molecule has 2 aliphatic rings. The van der Waals surface area contributed by atoms with Crippen molar-refractivity contribution in [3.05, 3.63) is 204 Å². The maximum Gasteiger partial charge on any atom is 0.160 e. The van der Waals surface area contributed by atoms with Gasteiger partial charge in [0.2, 0.25) is 0 Å². The number of nitrogens with zero attached hydrogens (tertiary/aromatic N) is 2. The molecule has 8 aromatic rings. The molecule has 0 fully saturated rings. The fourth-order valence-corrected chi connectivity index (χ4v) is 7.99. The maximum atomic E-state index is 6.90. The van der Waals surface area contributed by atoms with E-state index in [9.17, 15) is 0 Å². The van der Waals surface area contributed by atoms with Gasteiger partial charge in [0.1, 0.15) is 11.5 Å². The average molecular weight is 639 g/mol. The van der Waals surface area contributed by atoms with Gasteiger partial charge in [0.25, 0.3) is 0 Å². The van der Waals surface area contributed by atoms with E-state index in [1.807, 2.05) is 36.4 Å². The maximum absolute atomic E-state index is 6.90. The van der Waals surface area contributed by atoms with Crippen molar-refractivity contribution in [1.82, 2.24) is 9.97 Å². The fourth-order valence-electron chi connectivity index (χ4n) is 7.99. The predicted octanol–water partition coefficient (Wildman–Crippen LogP) is 11.6. The molecular weight excluding hydrogens is 609 g/mol. The summed E-state index contributed by atoms with van der Waals surface area (Å²) in [7, 11) is 0. The van der Waals surface area contributed by atoms with Crippen LogP contribution >= 0.6 is 0 Å². The summed E-state index contributed by atoms with van der Waals surface area (Å²) in [6, 6.07) is 64.1. The van der Waals surface area contributed by atoms with E-state index in [1.54, 1.807) is 0 Å². The van der Waals surface area contributed by atoms with Gasteiger partial charge in [-0.15, -0.1) is 0 Å². The van der Waals surface area contributed by atoms with Crippen molar-refractivity contribution >= 4 is 0 Å². The van der Waals surface area contributed by atoms with Gasteiger partial charge in [0.05, 0.1) is 16.8 Å². The van der Waals surface area contributed by atoms with E-state index in [0.29, 0.717) is 5.82 Å². The van der Waals surface area contributed by atoms with Crippen molar-refractivity contribution in [1.29, 1.82) is 0 Å². The van der Waals surface area contributed by atoms with E-state index in [4.69, 9.17) is 14.7 Å². The Labute approximate surface area is 291 Å². The second kappa shape index (κ2) is 11.3. The van der Waals surface area contributed by atoms with Crippen LogP contribution in [0, 0.1) is 0 Å². The molecule has 3 nitrogen and oxygen atoms in total. The van der Waals surface area contributed by atoms with Gasteiger partial charge < -0.3 is 4.74 Å². The van der Waals surface area contributed by atoms with Crippen molar-refractivity contribution in [3.8, 4) is 67.7 Å². The number of hydrogen-bond acceptors (Lipinski definition) is 3. The van der Waals surface area contributed by atoms with E-state index in [1.165, 1.54) is 27.8 Å². The predicted molar refractivity (Wildman–Crippen MR) is 201 cm³/mol. The Kier molecular flexibility index (Phi) is 6.40. The molecule has 0 bridgehead atoms. The van der Waals surface area contributed by atoms with Gasteiger partial charge in [0.15, 0.2) is 5.82 Å². The molecule has 7 aromatic carbocycles. The number of ether oxygens (including phenoxy) is 1. The Morgan fingerprint density at radius 1 is 0.360 bits per heavy atom. The normalized spacial score (nSPS) is 13.1. The lowest BCUT2D eigenvalue weighted by Gasteiger charge is -2.40. The summed E-state index contributed by atoms with van der Waals surface area (Å²) in [5.74, 6) is 2.49. The van der Waals surface area contributed by atoms with Gasteiger partial charge in [-0.1, -0.05) is 170 Å². The Hall–Kier alpha value is -6.58. The molecule has 0 unspecified atom stereocenters. The molecule has 1 aliphatic carbocycles. The number of rotatable bonds is 4. The number of aromatic nitrogens is 2. The summed E-state index contributed by atoms with van der Waals surface area (Å²) >= 11 is 0. The third-order valence-corrected chi connectivity index (χ3v) is 10.2. The quantitative estimate of drug-likeness (QED) is 0.192. The van der Waals surface area contributed by atoms with E-state index >= 15 is 0 Å². The minimum Gasteiger partial charge on any atom is -0.456 e. The molecule has 1 aromatic heterocycles. The first-order chi connectivity index (χ1) is 24.8. The van der Waals surface area contributed by atoms with E-state index in [-0.39, 0.29) is 0 Å². The zero-order chi connectivity index (χ0) is 33.1. The third kappa shape index (κ3) is 4.23. The van der Waals surface area contributed by atoms with Crippen LogP contribution in [0.4, 0.5) is 0 Å². The lowest BCUT2D eigenvalue weighted by molar-refractivity contribution is 0.438. The lowest BCUT2D eigenvalue weighted by atomic mass is 9.65. The molecule has 0 radical (unpaired) electrons. The van der Waals surface area contributed by atoms with Crippen LogP contribution in [0.5, 0.6) is 11.5 Å². The minimum atomic E-state index is -0.490. The van der Waals surface area contributed by atoms with Crippen LogP contribution < -0.4 is 4.74 Å². The zero-order valence-corrected chi connectivity index (χ0v) is 27.1. The zero-order valence-electron chi connectivity index (χ0n) is 27.1. The van der Waals surface area contributed by atoms with Crippen molar-refractivity contribution in [2.75, 3.05) is 0 Å². The summed E-state index contributed by atoms with van der Waals surface area (Å²) in [6.07, 6.45) is 0. The summed E-state index contributed by atoms with van der Waals surface area (Å²) in [4.78, 5) is 10.0. The van der Waals surface area contributed by atoms with Gasteiger partial charge in [-0.25, -0.2) is 9.97 Å². The van der Waals surface area contributed by atoms with Crippen LogP contribution in [0.3, 0.4) is 0 Å². The monoisotopic (exact) mass is 638 g/mol.